The van der Waals surface area contributed by atoms with Crippen LogP contribution in [0.4, 0.5) is 5.69 Å². The van der Waals surface area contributed by atoms with Gasteiger partial charge in [-0.3, -0.25) is 0 Å². The first-order chi connectivity index (χ1) is 11.6. The number of benzene rings is 2. The van der Waals surface area contributed by atoms with Gasteiger partial charge in [-0.15, -0.1) is 0 Å². The highest BCUT2D eigenvalue weighted by molar-refractivity contribution is 7.80. The van der Waals surface area contributed by atoms with E-state index < -0.39 is 0 Å². The minimum absolute atomic E-state index is 0.451. The van der Waals surface area contributed by atoms with Crippen molar-refractivity contribution in [1.29, 1.82) is 0 Å². The van der Waals surface area contributed by atoms with Gasteiger partial charge in [0.25, 0.3) is 0 Å². The molecule has 2 aromatic carbocycles. The second-order valence-corrected chi connectivity index (χ2v) is 6.22. The van der Waals surface area contributed by atoms with E-state index in [9.17, 15) is 0 Å². The molecule has 3 aromatic rings. The summed E-state index contributed by atoms with van der Waals surface area (Å²) < 4.78 is 1.81. The third-order valence-corrected chi connectivity index (χ3v) is 4.42. The Morgan fingerprint density at radius 3 is 2.58 bits per heavy atom. The highest BCUT2D eigenvalue weighted by Gasteiger charge is 2.06. The van der Waals surface area contributed by atoms with Crippen molar-refractivity contribution < 1.29 is 0 Å². The fraction of sp³-hybridized carbons (Fsp3) is 0.0588. The highest BCUT2D eigenvalue weighted by atomic mass is 35.5. The number of hydrogen-bond donors (Lipinski definition) is 2. The molecule has 0 spiro atoms. The minimum Gasteiger partial charge on any atom is -0.358 e. The van der Waals surface area contributed by atoms with E-state index in [-0.39, 0.29) is 0 Å². The van der Waals surface area contributed by atoms with Gasteiger partial charge in [0.05, 0.1) is 21.4 Å². The van der Waals surface area contributed by atoms with Gasteiger partial charge in [0.1, 0.15) is 0 Å². The van der Waals surface area contributed by atoms with Gasteiger partial charge >= 0.3 is 0 Å². The van der Waals surface area contributed by atoms with Crippen LogP contribution in [0.1, 0.15) is 5.56 Å². The number of aromatic nitrogens is 2. The predicted molar refractivity (Wildman–Crippen MR) is 103 cm³/mol. The van der Waals surface area contributed by atoms with Crippen LogP contribution in [0.25, 0.3) is 5.69 Å². The highest BCUT2D eigenvalue weighted by Crippen LogP contribution is 2.29. The standard InChI is InChI=1S/C17H14Cl2N4S/c18-14-3-1-4-15(16(14)19)22-17(24)20-11-12-5-7-13(8-6-12)23-10-2-9-21-23/h1-10H,11H2,(H2,20,22,24). The van der Waals surface area contributed by atoms with Crippen LogP contribution in [0.5, 0.6) is 0 Å². The van der Waals surface area contributed by atoms with Gasteiger partial charge in [-0.2, -0.15) is 5.10 Å². The molecule has 2 N–H and O–H groups in total. The Balaban J connectivity index is 1.57. The Hall–Kier alpha value is -2.08. The third kappa shape index (κ3) is 4.06. The lowest BCUT2D eigenvalue weighted by Crippen LogP contribution is -2.28. The Kier molecular flexibility index (Phi) is 5.35. The lowest BCUT2D eigenvalue weighted by atomic mass is 10.2. The second kappa shape index (κ2) is 7.66. The van der Waals surface area contributed by atoms with Crippen LogP contribution in [-0.2, 0) is 6.54 Å². The average Bonchev–Trinajstić information content (AvgIpc) is 3.12. The Labute approximate surface area is 155 Å². The van der Waals surface area contributed by atoms with Crippen molar-refractivity contribution in [2.45, 2.75) is 6.54 Å². The van der Waals surface area contributed by atoms with Crippen LogP contribution >= 0.6 is 35.4 Å². The molecule has 0 radical (unpaired) electrons. The maximum Gasteiger partial charge on any atom is 0.171 e. The Morgan fingerprint density at radius 2 is 1.88 bits per heavy atom. The van der Waals surface area contributed by atoms with E-state index in [1.807, 2.05) is 53.3 Å². The molecule has 122 valence electrons. The summed E-state index contributed by atoms with van der Waals surface area (Å²) in [5, 5.41) is 11.8. The molecule has 0 saturated carbocycles. The number of halogens is 2. The minimum atomic E-state index is 0.451. The zero-order chi connectivity index (χ0) is 16.9. The number of nitrogens with zero attached hydrogens (tertiary/aromatic N) is 2. The molecule has 4 nitrogen and oxygen atoms in total. The largest absolute Gasteiger partial charge is 0.358 e. The van der Waals surface area contributed by atoms with Crippen molar-refractivity contribution in [2.24, 2.45) is 0 Å². The van der Waals surface area contributed by atoms with Gasteiger partial charge in [-0.1, -0.05) is 41.4 Å². The molecule has 24 heavy (non-hydrogen) atoms. The van der Waals surface area contributed by atoms with E-state index in [2.05, 4.69) is 15.7 Å². The van der Waals surface area contributed by atoms with Gasteiger partial charge in [0.2, 0.25) is 0 Å². The molecular formula is C17H14Cl2N4S. The van der Waals surface area contributed by atoms with Crippen molar-refractivity contribution in [3.63, 3.8) is 0 Å². The van der Waals surface area contributed by atoms with E-state index in [1.54, 1.807) is 12.3 Å². The molecule has 0 aliphatic carbocycles. The molecule has 0 unspecified atom stereocenters. The summed E-state index contributed by atoms with van der Waals surface area (Å²) in [5.41, 5.74) is 2.79. The molecule has 0 aliphatic heterocycles. The van der Waals surface area contributed by atoms with Crippen LogP contribution < -0.4 is 10.6 Å². The van der Waals surface area contributed by atoms with Crippen LogP contribution in [0.3, 0.4) is 0 Å². The quantitative estimate of drug-likeness (QED) is 0.649. The molecule has 0 amide bonds. The molecule has 3 rings (SSSR count). The average molecular weight is 377 g/mol. The molecule has 1 aromatic heterocycles. The van der Waals surface area contributed by atoms with E-state index in [4.69, 9.17) is 35.4 Å². The van der Waals surface area contributed by atoms with Crippen molar-refractivity contribution in [3.8, 4) is 5.69 Å². The molecule has 1 heterocycles. The first-order valence-electron chi connectivity index (χ1n) is 7.21. The van der Waals surface area contributed by atoms with Crippen LogP contribution in [0, 0.1) is 0 Å². The van der Waals surface area contributed by atoms with Gasteiger partial charge in [0, 0.05) is 18.9 Å². The smallest absolute Gasteiger partial charge is 0.171 e. The summed E-state index contributed by atoms with van der Waals surface area (Å²) in [6.07, 6.45) is 3.65. The summed E-state index contributed by atoms with van der Waals surface area (Å²) in [7, 11) is 0. The zero-order valence-corrected chi connectivity index (χ0v) is 14.9. The van der Waals surface area contributed by atoms with E-state index in [0.717, 1.165) is 11.3 Å². The van der Waals surface area contributed by atoms with Crippen LogP contribution in [-0.4, -0.2) is 14.9 Å². The molecule has 0 atom stereocenters. The predicted octanol–water partition coefficient (Wildman–Crippen LogP) is 4.67. The number of thiocarbonyl (C=S) groups is 1. The van der Waals surface area contributed by atoms with E-state index >= 15 is 0 Å². The number of hydrogen-bond acceptors (Lipinski definition) is 2. The Morgan fingerprint density at radius 1 is 1.08 bits per heavy atom. The monoisotopic (exact) mass is 376 g/mol. The van der Waals surface area contributed by atoms with Crippen molar-refractivity contribution in [1.82, 2.24) is 15.1 Å². The zero-order valence-electron chi connectivity index (χ0n) is 12.5. The lowest BCUT2D eigenvalue weighted by Gasteiger charge is -2.12. The number of nitrogens with one attached hydrogen (secondary N) is 2. The van der Waals surface area contributed by atoms with Crippen LogP contribution in [0.15, 0.2) is 60.9 Å². The first kappa shape index (κ1) is 16.8. The summed E-state index contributed by atoms with van der Waals surface area (Å²) in [4.78, 5) is 0. The normalized spacial score (nSPS) is 10.4. The summed E-state index contributed by atoms with van der Waals surface area (Å²) in [6, 6.07) is 15.3. The fourth-order valence-electron chi connectivity index (χ4n) is 2.14. The lowest BCUT2D eigenvalue weighted by molar-refractivity contribution is 0.874. The summed E-state index contributed by atoms with van der Waals surface area (Å²) in [5.74, 6) is 0. The van der Waals surface area contributed by atoms with Crippen molar-refractivity contribution >= 4 is 46.2 Å². The molecule has 7 heteroatoms. The molecule has 0 fully saturated rings. The topological polar surface area (TPSA) is 41.9 Å². The summed E-state index contributed by atoms with van der Waals surface area (Å²) in [6.45, 7) is 0.601. The number of rotatable bonds is 4. The first-order valence-corrected chi connectivity index (χ1v) is 8.38. The molecular weight excluding hydrogens is 363 g/mol. The second-order valence-electron chi connectivity index (χ2n) is 5.03. The SMILES string of the molecule is S=C(NCc1ccc(-n2cccn2)cc1)Nc1cccc(Cl)c1Cl. The van der Waals surface area contributed by atoms with E-state index in [1.165, 1.54) is 0 Å². The van der Waals surface area contributed by atoms with Crippen molar-refractivity contribution in [3.05, 3.63) is 76.5 Å². The Bertz CT molecular complexity index is 832. The number of anilines is 1. The fourth-order valence-corrected chi connectivity index (χ4v) is 2.67. The molecule has 0 saturated heterocycles. The third-order valence-electron chi connectivity index (χ3n) is 3.36. The van der Waals surface area contributed by atoms with Gasteiger partial charge in [0.15, 0.2) is 5.11 Å². The van der Waals surface area contributed by atoms with Crippen molar-refractivity contribution in [2.75, 3.05) is 5.32 Å². The van der Waals surface area contributed by atoms with Gasteiger partial charge < -0.3 is 10.6 Å². The molecule has 0 bridgehead atoms. The maximum atomic E-state index is 6.13. The van der Waals surface area contributed by atoms with Gasteiger partial charge in [-0.25, -0.2) is 4.68 Å². The molecule has 0 aliphatic rings. The summed E-state index contributed by atoms with van der Waals surface area (Å²) >= 11 is 17.4. The maximum absolute atomic E-state index is 6.13. The van der Waals surface area contributed by atoms with E-state index in [0.29, 0.717) is 27.4 Å². The van der Waals surface area contributed by atoms with Gasteiger partial charge in [-0.05, 0) is 48.1 Å². The van der Waals surface area contributed by atoms with Crippen LogP contribution in [0.2, 0.25) is 10.0 Å².